The first-order valence-corrected chi connectivity index (χ1v) is 4.54. The lowest BCUT2D eigenvalue weighted by Crippen LogP contribution is -1.90. The maximum absolute atomic E-state index is 5.32. The van der Waals surface area contributed by atoms with E-state index in [1.807, 2.05) is 19.1 Å². The van der Waals surface area contributed by atoms with E-state index in [-0.39, 0.29) is 0 Å². The van der Waals surface area contributed by atoms with Crippen LogP contribution in [0, 0.1) is 0 Å². The monoisotopic (exact) mass is 175 g/mol. The molecule has 0 amide bonds. The Morgan fingerprint density at radius 2 is 2.15 bits per heavy atom. The number of hydrogen-bond donors (Lipinski definition) is 1. The molecule has 68 valence electrons. The van der Waals surface area contributed by atoms with Gasteiger partial charge in [-0.1, -0.05) is 18.2 Å². The highest BCUT2D eigenvalue weighted by molar-refractivity contribution is 5.80. The van der Waals surface area contributed by atoms with E-state index in [9.17, 15) is 0 Å². The summed E-state index contributed by atoms with van der Waals surface area (Å²) in [7, 11) is 0. The molecule has 13 heavy (non-hydrogen) atoms. The molecule has 0 aliphatic heterocycles. The molecule has 0 bridgehead atoms. The van der Waals surface area contributed by atoms with Crippen molar-refractivity contribution in [2.75, 3.05) is 6.61 Å². The number of para-hydroxylation sites is 1. The second-order valence-corrected chi connectivity index (χ2v) is 3.02. The lowest BCUT2D eigenvalue weighted by atomic mass is 10.2. The van der Waals surface area contributed by atoms with Crippen LogP contribution in [0.4, 0.5) is 0 Å². The molecule has 2 nitrogen and oxygen atoms in total. The molecule has 2 rings (SSSR count). The number of rotatable bonds is 3. The third kappa shape index (κ3) is 1.73. The van der Waals surface area contributed by atoms with E-state index in [0.717, 1.165) is 12.3 Å². The van der Waals surface area contributed by atoms with E-state index in [1.54, 1.807) is 0 Å². The van der Waals surface area contributed by atoms with Crippen molar-refractivity contribution in [1.82, 2.24) is 4.98 Å². The molecule has 2 aromatic rings. The number of hydrogen-bond acceptors (Lipinski definition) is 1. The summed E-state index contributed by atoms with van der Waals surface area (Å²) in [6, 6.07) is 10.4. The van der Waals surface area contributed by atoms with Gasteiger partial charge in [-0.25, -0.2) is 0 Å². The van der Waals surface area contributed by atoms with Crippen LogP contribution in [0.3, 0.4) is 0 Å². The van der Waals surface area contributed by atoms with Crippen LogP contribution in [-0.2, 0) is 11.3 Å². The van der Waals surface area contributed by atoms with Crippen molar-refractivity contribution >= 4 is 10.9 Å². The summed E-state index contributed by atoms with van der Waals surface area (Å²) in [6.45, 7) is 3.43. The number of aromatic nitrogens is 1. The van der Waals surface area contributed by atoms with Gasteiger partial charge in [0.05, 0.1) is 6.61 Å². The predicted molar refractivity (Wildman–Crippen MR) is 53.6 cm³/mol. The third-order valence-corrected chi connectivity index (χ3v) is 2.05. The lowest BCUT2D eigenvalue weighted by Gasteiger charge is -1.95. The van der Waals surface area contributed by atoms with Crippen molar-refractivity contribution in [3.05, 3.63) is 36.0 Å². The summed E-state index contributed by atoms with van der Waals surface area (Å²) in [6.07, 6.45) is 0. The van der Waals surface area contributed by atoms with Crippen molar-refractivity contribution in [3.8, 4) is 0 Å². The smallest absolute Gasteiger partial charge is 0.0865 e. The molecule has 2 heteroatoms. The van der Waals surface area contributed by atoms with Gasteiger partial charge in [0.25, 0.3) is 0 Å². The number of H-pyrrole nitrogens is 1. The van der Waals surface area contributed by atoms with Gasteiger partial charge in [-0.3, -0.25) is 0 Å². The highest BCUT2D eigenvalue weighted by Crippen LogP contribution is 2.14. The summed E-state index contributed by atoms with van der Waals surface area (Å²) in [4.78, 5) is 3.31. The molecule has 0 fully saturated rings. The lowest BCUT2D eigenvalue weighted by molar-refractivity contribution is 0.132. The van der Waals surface area contributed by atoms with E-state index < -0.39 is 0 Å². The average molecular weight is 175 g/mol. The SMILES string of the molecule is CCOCc1cc2ccccc2[nH]1. The van der Waals surface area contributed by atoms with Gasteiger partial charge in [-0.15, -0.1) is 0 Å². The van der Waals surface area contributed by atoms with Crippen molar-refractivity contribution in [1.29, 1.82) is 0 Å². The quantitative estimate of drug-likeness (QED) is 0.762. The van der Waals surface area contributed by atoms with E-state index in [4.69, 9.17) is 4.74 Å². The van der Waals surface area contributed by atoms with Crippen LogP contribution in [0.25, 0.3) is 10.9 Å². The van der Waals surface area contributed by atoms with Crippen LogP contribution in [0.15, 0.2) is 30.3 Å². The molecule has 1 heterocycles. The third-order valence-electron chi connectivity index (χ3n) is 2.05. The highest BCUT2D eigenvalue weighted by atomic mass is 16.5. The largest absolute Gasteiger partial charge is 0.376 e. The molecule has 0 unspecified atom stereocenters. The first-order chi connectivity index (χ1) is 6.40. The highest BCUT2D eigenvalue weighted by Gasteiger charge is 1.98. The van der Waals surface area contributed by atoms with Gasteiger partial charge < -0.3 is 9.72 Å². The first kappa shape index (κ1) is 8.32. The molecular formula is C11H13NO. The Hall–Kier alpha value is -1.28. The molecule has 0 saturated heterocycles. The van der Waals surface area contributed by atoms with Crippen LogP contribution in [0.2, 0.25) is 0 Å². The molecule has 0 aliphatic carbocycles. The Morgan fingerprint density at radius 1 is 1.31 bits per heavy atom. The normalized spacial score (nSPS) is 10.8. The number of nitrogens with one attached hydrogen (secondary N) is 1. The van der Waals surface area contributed by atoms with Gasteiger partial charge >= 0.3 is 0 Å². The summed E-state index contributed by atoms with van der Waals surface area (Å²) in [5.41, 5.74) is 2.32. The fourth-order valence-electron chi connectivity index (χ4n) is 1.42. The predicted octanol–water partition coefficient (Wildman–Crippen LogP) is 2.70. The van der Waals surface area contributed by atoms with Crippen LogP contribution < -0.4 is 0 Å². The van der Waals surface area contributed by atoms with Crippen LogP contribution >= 0.6 is 0 Å². The number of aromatic amines is 1. The van der Waals surface area contributed by atoms with Crippen LogP contribution in [0.5, 0.6) is 0 Å². The minimum Gasteiger partial charge on any atom is -0.376 e. The fraction of sp³-hybridized carbons (Fsp3) is 0.273. The summed E-state index contributed by atoms with van der Waals surface area (Å²) in [5.74, 6) is 0. The zero-order valence-electron chi connectivity index (χ0n) is 7.71. The zero-order valence-corrected chi connectivity index (χ0v) is 7.71. The molecule has 1 aromatic carbocycles. The Labute approximate surface area is 77.5 Å². The Kier molecular flexibility index (Phi) is 2.32. The maximum Gasteiger partial charge on any atom is 0.0865 e. The van der Waals surface area contributed by atoms with Gasteiger partial charge in [0.15, 0.2) is 0 Å². The molecule has 0 aliphatic rings. The van der Waals surface area contributed by atoms with Gasteiger partial charge in [0.2, 0.25) is 0 Å². The Balaban J connectivity index is 2.28. The molecule has 0 spiro atoms. The van der Waals surface area contributed by atoms with Crippen molar-refractivity contribution in [2.45, 2.75) is 13.5 Å². The Bertz CT molecular complexity index is 359. The van der Waals surface area contributed by atoms with E-state index in [1.165, 1.54) is 10.9 Å². The minimum absolute atomic E-state index is 0.672. The standard InChI is InChI=1S/C11H13NO/c1-2-13-8-10-7-9-5-3-4-6-11(9)12-10/h3-7,12H,2,8H2,1H3. The molecule has 0 radical (unpaired) electrons. The molecule has 0 saturated carbocycles. The topological polar surface area (TPSA) is 25.0 Å². The van der Waals surface area contributed by atoms with Crippen molar-refractivity contribution < 1.29 is 4.74 Å². The Morgan fingerprint density at radius 3 is 2.92 bits per heavy atom. The van der Waals surface area contributed by atoms with Gasteiger partial charge in [-0.2, -0.15) is 0 Å². The summed E-state index contributed by atoms with van der Waals surface area (Å²) in [5, 5.41) is 1.25. The van der Waals surface area contributed by atoms with E-state index >= 15 is 0 Å². The number of fused-ring (bicyclic) bond motifs is 1. The fourth-order valence-corrected chi connectivity index (χ4v) is 1.42. The number of benzene rings is 1. The van der Waals surface area contributed by atoms with Gasteiger partial charge in [0, 0.05) is 17.8 Å². The second-order valence-electron chi connectivity index (χ2n) is 3.02. The van der Waals surface area contributed by atoms with Gasteiger partial charge in [0.1, 0.15) is 0 Å². The molecule has 1 aromatic heterocycles. The van der Waals surface area contributed by atoms with Crippen molar-refractivity contribution in [2.24, 2.45) is 0 Å². The molecule has 1 N–H and O–H groups in total. The second kappa shape index (κ2) is 3.62. The summed E-state index contributed by atoms with van der Waals surface area (Å²) >= 11 is 0. The first-order valence-electron chi connectivity index (χ1n) is 4.54. The van der Waals surface area contributed by atoms with Gasteiger partial charge in [-0.05, 0) is 24.4 Å². The molecule has 0 atom stereocenters. The average Bonchev–Trinajstić information content (AvgIpc) is 2.57. The van der Waals surface area contributed by atoms with E-state index in [2.05, 4.69) is 23.2 Å². The zero-order chi connectivity index (χ0) is 9.10. The van der Waals surface area contributed by atoms with Crippen LogP contribution in [0.1, 0.15) is 12.6 Å². The maximum atomic E-state index is 5.32. The number of ether oxygens (including phenoxy) is 1. The van der Waals surface area contributed by atoms with Crippen molar-refractivity contribution in [3.63, 3.8) is 0 Å². The van der Waals surface area contributed by atoms with Crippen LogP contribution in [-0.4, -0.2) is 11.6 Å². The minimum atomic E-state index is 0.672. The molecular weight excluding hydrogens is 162 g/mol. The van der Waals surface area contributed by atoms with E-state index in [0.29, 0.717) is 6.61 Å². The summed E-state index contributed by atoms with van der Waals surface area (Å²) < 4.78 is 5.32.